The van der Waals surface area contributed by atoms with Crippen molar-refractivity contribution in [3.05, 3.63) is 35.9 Å². The second-order valence-electron chi connectivity index (χ2n) is 6.43. The van der Waals surface area contributed by atoms with E-state index in [1.54, 1.807) is 0 Å². The average Bonchev–Trinajstić information content (AvgIpc) is 2.90. The van der Waals surface area contributed by atoms with Gasteiger partial charge in [-0.1, -0.05) is 43.7 Å². The molecule has 0 bridgehead atoms. The molecular formula is C18H27NO2. The van der Waals surface area contributed by atoms with Gasteiger partial charge in [0.2, 0.25) is 5.91 Å². The summed E-state index contributed by atoms with van der Waals surface area (Å²) < 4.78 is 0. The molecule has 3 unspecified atom stereocenters. The fourth-order valence-electron chi connectivity index (χ4n) is 3.46. The van der Waals surface area contributed by atoms with Gasteiger partial charge in [-0.05, 0) is 36.7 Å². The minimum atomic E-state index is -0.0254. The van der Waals surface area contributed by atoms with Crippen molar-refractivity contribution in [2.75, 3.05) is 13.7 Å². The lowest BCUT2D eigenvalue weighted by molar-refractivity contribution is -0.133. The van der Waals surface area contributed by atoms with E-state index in [1.165, 1.54) is 19.3 Å². The molecule has 1 aliphatic rings. The smallest absolute Gasteiger partial charge is 0.223 e. The summed E-state index contributed by atoms with van der Waals surface area (Å²) >= 11 is 0. The van der Waals surface area contributed by atoms with Crippen molar-refractivity contribution in [2.45, 2.75) is 45.1 Å². The van der Waals surface area contributed by atoms with Crippen molar-refractivity contribution in [1.29, 1.82) is 0 Å². The van der Waals surface area contributed by atoms with Crippen molar-refractivity contribution in [2.24, 2.45) is 11.8 Å². The summed E-state index contributed by atoms with van der Waals surface area (Å²) in [4.78, 5) is 14.4. The third kappa shape index (κ3) is 4.31. The van der Waals surface area contributed by atoms with Crippen molar-refractivity contribution in [1.82, 2.24) is 4.90 Å². The lowest BCUT2D eigenvalue weighted by Gasteiger charge is -2.29. The van der Waals surface area contributed by atoms with Crippen LogP contribution in [0.25, 0.3) is 0 Å². The van der Waals surface area contributed by atoms with Crippen LogP contribution in [0.2, 0.25) is 0 Å². The first kappa shape index (κ1) is 16.0. The molecule has 3 atom stereocenters. The topological polar surface area (TPSA) is 40.5 Å². The number of aliphatic hydroxyl groups excluding tert-OH is 1. The Bertz CT molecular complexity index is 446. The third-order valence-electron chi connectivity index (χ3n) is 4.71. The van der Waals surface area contributed by atoms with E-state index >= 15 is 0 Å². The van der Waals surface area contributed by atoms with Crippen LogP contribution in [0.3, 0.4) is 0 Å². The van der Waals surface area contributed by atoms with E-state index in [1.807, 2.05) is 42.3 Å². The zero-order valence-corrected chi connectivity index (χ0v) is 13.2. The Morgan fingerprint density at radius 2 is 2.05 bits per heavy atom. The molecule has 3 heteroatoms. The van der Waals surface area contributed by atoms with Gasteiger partial charge in [-0.25, -0.2) is 0 Å². The maximum atomic E-state index is 12.5. The number of hydrogen-bond acceptors (Lipinski definition) is 2. The van der Waals surface area contributed by atoms with E-state index in [4.69, 9.17) is 0 Å². The van der Waals surface area contributed by atoms with Crippen LogP contribution in [-0.4, -0.2) is 29.6 Å². The van der Waals surface area contributed by atoms with Crippen LogP contribution in [-0.2, 0) is 4.79 Å². The number of aliphatic hydroxyl groups is 1. The maximum Gasteiger partial charge on any atom is 0.223 e. The Morgan fingerprint density at radius 3 is 2.62 bits per heavy atom. The molecule has 1 amide bonds. The van der Waals surface area contributed by atoms with Gasteiger partial charge in [0.25, 0.3) is 0 Å². The van der Waals surface area contributed by atoms with Gasteiger partial charge in [-0.3, -0.25) is 4.79 Å². The largest absolute Gasteiger partial charge is 0.396 e. The van der Waals surface area contributed by atoms with Crippen molar-refractivity contribution < 1.29 is 9.90 Å². The number of nitrogens with zero attached hydrogens (tertiary/aromatic N) is 1. The van der Waals surface area contributed by atoms with E-state index in [-0.39, 0.29) is 18.6 Å². The fourth-order valence-corrected chi connectivity index (χ4v) is 3.46. The molecule has 1 saturated carbocycles. The highest BCUT2D eigenvalue weighted by atomic mass is 16.3. The summed E-state index contributed by atoms with van der Waals surface area (Å²) in [5, 5.41) is 9.31. The van der Waals surface area contributed by atoms with Crippen LogP contribution < -0.4 is 0 Å². The van der Waals surface area contributed by atoms with Gasteiger partial charge in [0.1, 0.15) is 0 Å². The zero-order chi connectivity index (χ0) is 15.2. The summed E-state index contributed by atoms with van der Waals surface area (Å²) in [6, 6.07) is 9.97. The third-order valence-corrected chi connectivity index (χ3v) is 4.71. The van der Waals surface area contributed by atoms with Gasteiger partial charge >= 0.3 is 0 Å². The number of amides is 1. The monoisotopic (exact) mass is 289 g/mol. The summed E-state index contributed by atoms with van der Waals surface area (Å²) in [5.74, 6) is 1.51. The standard InChI is InChI=1S/C18H27NO2/c1-14-8-9-15(12-14)13-18(21)19(2)17(10-11-20)16-6-4-3-5-7-16/h3-7,14-15,17,20H,8-13H2,1-2H3. The minimum absolute atomic E-state index is 0.0254. The molecule has 1 N–H and O–H groups in total. The molecule has 116 valence electrons. The van der Waals surface area contributed by atoms with Gasteiger partial charge in [0.05, 0.1) is 6.04 Å². The Labute approximate surface area is 128 Å². The average molecular weight is 289 g/mol. The predicted molar refractivity (Wildman–Crippen MR) is 84.8 cm³/mol. The van der Waals surface area contributed by atoms with Crippen LogP contribution in [0.4, 0.5) is 0 Å². The van der Waals surface area contributed by atoms with Crippen LogP contribution in [0.5, 0.6) is 0 Å². The van der Waals surface area contributed by atoms with Crippen molar-refractivity contribution in [3.63, 3.8) is 0 Å². The Hall–Kier alpha value is -1.35. The summed E-state index contributed by atoms with van der Waals surface area (Å²) in [7, 11) is 1.87. The molecule has 0 radical (unpaired) electrons. The summed E-state index contributed by atoms with van der Waals surface area (Å²) in [5.41, 5.74) is 1.10. The quantitative estimate of drug-likeness (QED) is 0.872. The fraction of sp³-hybridized carbons (Fsp3) is 0.611. The molecule has 3 nitrogen and oxygen atoms in total. The number of carbonyl (C=O) groups is 1. The normalized spacial score (nSPS) is 23.0. The molecule has 0 aromatic heterocycles. The Kier molecular flexibility index (Phi) is 5.80. The summed E-state index contributed by atoms with van der Waals surface area (Å²) in [6.45, 7) is 2.37. The highest BCUT2D eigenvalue weighted by Crippen LogP contribution is 2.34. The van der Waals surface area contributed by atoms with Gasteiger partial charge in [0, 0.05) is 20.1 Å². The van der Waals surface area contributed by atoms with Crippen LogP contribution in [0.15, 0.2) is 30.3 Å². The molecule has 1 fully saturated rings. The number of carbonyl (C=O) groups excluding carboxylic acids is 1. The first-order valence-electron chi connectivity index (χ1n) is 8.03. The minimum Gasteiger partial charge on any atom is -0.396 e. The van der Waals surface area contributed by atoms with Crippen LogP contribution >= 0.6 is 0 Å². The molecule has 1 aliphatic carbocycles. The predicted octanol–water partition coefficient (Wildman–Crippen LogP) is 3.39. The Balaban J connectivity index is 2.00. The second kappa shape index (κ2) is 7.60. The van der Waals surface area contributed by atoms with Crippen molar-refractivity contribution >= 4 is 5.91 Å². The molecule has 0 spiro atoms. The van der Waals surface area contributed by atoms with E-state index in [9.17, 15) is 9.90 Å². The molecule has 21 heavy (non-hydrogen) atoms. The van der Waals surface area contributed by atoms with Crippen LogP contribution in [0, 0.1) is 11.8 Å². The summed E-state index contributed by atoms with van der Waals surface area (Å²) in [6.07, 6.45) is 4.84. The Morgan fingerprint density at radius 1 is 1.33 bits per heavy atom. The molecule has 0 aliphatic heterocycles. The zero-order valence-electron chi connectivity index (χ0n) is 13.2. The molecular weight excluding hydrogens is 262 g/mol. The van der Waals surface area contributed by atoms with E-state index in [0.717, 1.165) is 11.5 Å². The lowest BCUT2D eigenvalue weighted by Crippen LogP contribution is -2.32. The molecule has 1 aromatic carbocycles. The van der Waals surface area contributed by atoms with Gasteiger partial charge in [0.15, 0.2) is 0 Å². The molecule has 2 rings (SSSR count). The maximum absolute atomic E-state index is 12.5. The lowest BCUT2D eigenvalue weighted by atomic mass is 9.99. The number of benzene rings is 1. The number of hydrogen-bond donors (Lipinski definition) is 1. The molecule has 1 aromatic rings. The van der Waals surface area contributed by atoms with Crippen molar-refractivity contribution in [3.8, 4) is 0 Å². The number of rotatable bonds is 6. The van der Waals surface area contributed by atoms with Gasteiger partial charge in [-0.15, -0.1) is 0 Å². The SMILES string of the molecule is CC1CCC(CC(=O)N(C)C(CCO)c2ccccc2)C1. The molecule has 0 saturated heterocycles. The first-order chi connectivity index (χ1) is 10.1. The highest BCUT2D eigenvalue weighted by Gasteiger charge is 2.27. The van der Waals surface area contributed by atoms with Gasteiger partial charge < -0.3 is 10.0 Å². The van der Waals surface area contributed by atoms with Gasteiger partial charge in [-0.2, -0.15) is 0 Å². The highest BCUT2D eigenvalue weighted by molar-refractivity contribution is 5.76. The van der Waals surface area contributed by atoms with E-state index < -0.39 is 0 Å². The van der Waals surface area contributed by atoms with E-state index in [0.29, 0.717) is 18.8 Å². The van der Waals surface area contributed by atoms with Crippen LogP contribution in [0.1, 0.15) is 50.6 Å². The molecule has 0 heterocycles. The first-order valence-corrected chi connectivity index (χ1v) is 8.03. The van der Waals surface area contributed by atoms with E-state index in [2.05, 4.69) is 6.92 Å². The second-order valence-corrected chi connectivity index (χ2v) is 6.43.